The van der Waals surface area contributed by atoms with Gasteiger partial charge in [-0.1, -0.05) is 17.7 Å². The monoisotopic (exact) mass is 417 g/mol. The first kappa shape index (κ1) is 22.1. The van der Waals surface area contributed by atoms with Crippen molar-refractivity contribution in [2.75, 3.05) is 45.9 Å². The Hall–Kier alpha value is -1.19. The zero-order valence-corrected chi connectivity index (χ0v) is 17.2. The molecule has 0 bridgehead atoms. The molecule has 2 aliphatic heterocycles. The standard InChI is InChI=1S/C18H27N3O4S.ClH/c1-15-4-6-17(7-5-15)26(23,24)21-10-8-20(9-11-21)18(22)14-19-13-16-3-2-12-25-16;/h4-7,16,19H,2-3,8-14H2,1H3;1H. The maximum absolute atomic E-state index is 12.7. The van der Waals surface area contributed by atoms with Crippen molar-refractivity contribution in [3.63, 3.8) is 0 Å². The van der Waals surface area contributed by atoms with Crippen LogP contribution in [-0.2, 0) is 19.6 Å². The summed E-state index contributed by atoms with van der Waals surface area (Å²) in [6.07, 6.45) is 2.33. The largest absolute Gasteiger partial charge is 0.377 e. The number of hydrogen-bond acceptors (Lipinski definition) is 5. The highest BCUT2D eigenvalue weighted by atomic mass is 35.5. The maximum Gasteiger partial charge on any atom is 0.243 e. The molecule has 2 fully saturated rings. The number of halogens is 1. The van der Waals surface area contributed by atoms with Crippen LogP contribution in [0, 0.1) is 6.92 Å². The fraction of sp³-hybridized carbons (Fsp3) is 0.611. The zero-order valence-electron chi connectivity index (χ0n) is 15.6. The summed E-state index contributed by atoms with van der Waals surface area (Å²) >= 11 is 0. The molecule has 1 aromatic rings. The van der Waals surface area contributed by atoms with E-state index < -0.39 is 10.0 Å². The quantitative estimate of drug-likeness (QED) is 0.747. The van der Waals surface area contributed by atoms with Gasteiger partial charge in [0.25, 0.3) is 0 Å². The van der Waals surface area contributed by atoms with Crippen molar-refractivity contribution in [3.05, 3.63) is 29.8 Å². The Balaban J connectivity index is 0.00000261. The van der Waals surface area contributed by atoms with E-state index in [1.165, 1.54) is 4.31 Å². The Labute approximate surface area is 167 Å². The molecule has 1 unspecified atom stereocenters. The van der Waals surface area contributed by atoms with Crippen molar-refractivity contribution >= 4 is 28.3 Å². The lowest BCUT2D eigenvalue weighted by Gasteiger charge is -2.34. The molecule has 0 aliphatic carbocycles. The highest BCUT2D eigenvalue weighted by Gasteiger charge is 2.30. The van der Waals surface area contributed by atoms with Crippen molar-refractivity contribution in [1.29, 1.82) is 0 Å². The van der Waals surface area contributed by atoms with Gasteiger partial charge in [-0.2, -0.15) is 4.31 Å². The Bertz CT molecular complexity index is 713. The van der Waals surface area contributed by atoms with Crippen LogP contribution in [0.3, 0.4) is 0 Å². The van der Waals surface area contributed by atoms with Crippen LogP contribution in [0.25, 0.3) is 0 Å². The van der Waals surface area contributed by atoms with E-state index in [0.717, 1.165) is 25.0 Å². The third-order valence-corrected chi connectivity index (χ3v) is 6.84. The average molecular weight is 418 g/mol. The normalized spacial score (nSPS) is 21.1. The van der Waals surface area contributed by atoms with Gasteiger partial charge in [0.05, 0.1) is 17.5 Å². The smallest absolute Gasteiger partial charge is 0.243 e. The maximum atomic E-state index is 12.7. The topological polar surface area (TPSA) is 79.0 Å². The van der Waals surface area contributed by atoms with Crippen LogP contribution >= 0.6 is 12.4 Å². The highest BCUT2D eigenvalue weighted by Crippen LogP contribution is 2.18. The number of ether oxygens (including phenoxy) is 1. The second kappa shape index (κ2) is 9.84. The number of amides is 1. The molecule has 1 aromatic carbocycles. The van der Waals surface area contributed by atoms with Gasteiger partial charge in [0, 0.05) is 39.3 Å². The first-order valence-electron chi connectivity index (χ1n) is 9.14. The van der Waals surface area contributed by atoms with Crippen LogP contribution in [0.4, 0.5) is 0 Å². The van der Waals surface area contributed by atoms with Gasteiger partial charge in [-0.25, -0.2) is 8.42 Å². The molecule has 1 amide bonds. The number of benzene rings is 1. The molecule has 0 aromatic heterocycles. The second-order valence-electron chi connectivity index (χ2n) is 6.86. The number of piperazine rings is 1. The van der Waals surface area contributed by atoms with E-state index in [1.807, 2.05) is 6.92 Å². The fourth-order valence-corrected chi connectivity index (χ4v) is 4.72. The summed E-state index contributed by atoms with van der Waals surface area (Å²) < 4.78 is 32.4. The molecule has 2 heterocycles. The molecule has 1 atom stereocenters. The van der Waals surface area contributed by atoms with E-state index in [2.05, 4.69) is 5.32 Å². The van der Waals surface area contributed by atoms with Gasteiger partial charge in [0.15, 0.2) is 0 Å². The summed E-state index contributed by atoms with van der Waals surface area (Å²) in [5.41, 5.74) is 1.02. The van der Waals surface area contributed by atoms with Crippen molar-refractivity contribution in [3.8, 4) is 0 Å². The minimum Gasteiger partial charge on any atom is -0.377 e. The molecular weight excluding hydrogens is 390 g/mol. The van der Waals surface area contributed by atoms with Crippen LogP contribution in [-0.4, -0.2) is 75.5 Å². The third-order valence-electron chi connectivity index (χ3n) is 4.92. The van der Waals surface area contributed by atoms with Gasteiger partial charge < -0.3 is 15.0 Å². The number of aryl methyl sites for hydroxylation is 1. The van der Waals surface area contributed by atoms with Gasteiger partial charge in [-0.05, 0) is 31.9 Å². The number of hydrogen-bond donors (Lipinski definition) is 1. The highest BCUT2D eigenvalue weighted by molar-refractivity contribution is 7.89. The van der Waals surface area contributed by atoms with E-state index in [1.54, 1.807) is 29.2 Å². The molecule has 0 spiro atoms. The van der Waals surface area contributed by atoms with Crippen molar-refractivity contribution in [2.24, 2.45) is 0 Å². The third kappa shape index (κ3) is 5.65. The molecule has 2 aliphatic rings. The minimum atomic E-state index is -3.49. The van der Waals surface area contributed by atoms with Crippen LogP contribution in [0.15, 0.2) is 29.2 Å². The molecule has 0 radical (unpaired) electrons. The molecule has 0 saturated carbocycles. The van der Waals surface area contributed by atoms with Gasteiger partial charge in [-0.15, -0.1) is 12.4 Å². The summed E-state index contributed by atoms with van der Waals surface area (Å²) in [6, 6.07) is 6.87. The molecule has 1 N–H and O–H groups in total. The predicted molar refractivity (Wildman–Crippen MR) is 106 cm³/mol. The van der Waals surface area contributed by atoms with Gasteiger partial charge >= 0.3 is 0 Å². The van der Waals surface area contributed by atoms with Gasteiger partial charge in [0.2, 0.25) is 15.9 Å². The first-order valence-corrected chi connectivity index (χ1v) is 10.6. The van der Waals surface area contributed by atoms with Crippen LogP contribution < -0.4 is 5.32 Å². The van der Waals surface area contributed by atoms with E-state index in [4.69, 9.17) is 4.74 Å². The second-order valence-corrected chi connectivity index (χ2v) is 8.80. The van der Waals surface area contributed by atoms with E-state index in [-0.39, 0.29) is 31.0 Å². The average Bonchev–Trinajstić information content (AvgIpc) is 3.15. The molecule has 2 saturated heterocycles. The van der Waals surface area contributed by atoms with E-state index in [0.29, 0.717) is 37.6 Å². The summed E-state index contributed by atoms with van der Waals surface area (Å²) in [5, 5.41) is 3.15. The number of carbonyl (C=O) groups is 1. The molecule has 152 valence electrons. The lowest BCUT2D eigenvalue weighted by Crippen LogP contribution is -2.52. The predicted octanol–water partition coefficient (Wildman–Crippen LogP) is 1.02. The van der Waals surface area contributed by atoms with E-state index in [9.17, 15) is 13.2 Å². The number of rotatable bonds is 6. The molecule has 27 heavy (non-hydrogen) atoms. The van der Waals surface area contributed by atoms with Gasteiger partial charge in [0.1, 0.15) is 0 Å². The fourth-order valence-electron chi connectivity index (χ4n) is 3.29. The zero-order chi connectivity index (χ0) is 18.6. The minimum absolute atomic E-state index is 0. The van der Waals surface area contributed by atoms with Gasteiger partial charge in [-0.3, -0.25) is 4.79 Å². The summed E-state index contributed by atoms with van der Waals surface area (Å²) in [7, 11) is -3.49. The van der Waals surface area contributed by atoms with Crippen LogP contribution in [0.2, 0.25) is 0 Å². The molecule has 3 rings (SSSR count). The van der Waals surface area contributed by atoms with Crippen molar-refractivity contribution in [1.82, 2.24) is 14.5 Å². The van der Waals surface area contributed by atoms with Crippen molar-refractivity contribution in [2.45, 2.75) is 30.8 Å². The molecule has 7 nitrogen and oxygen atoms in total. The Morgan fingerprint density at radius 2 is 1.85 bits per heavy atom. The molecule has 9 heteroatoms. The number of nitrogens with one attached hydrogen (secondary N) is 1. The lowest BCUT2D eigenvalue weighted by molar-refractivity contribution is -0.131. The first-order chi connectivity index (χ1) is 12.5. The Morgan fingerprint density at radius 3 is 2.44 bits per heavy atom. The number of sulfonamides is 1. The Kier molecular flexibility index (Phi) is 8.05. The summed E-state index contributed by atoms with van der Waals surface area (Å²) in [4.78, 5) is 14.3. The number of carbonyl (C=O) groups excluding carboxylic acids is 1. The van der Waals surface area contributed by atoms with Crippen LogP contribution in [0.5, 0.6) is 0 Å². The SMILES string of the molecule is Cc1ccc(S(=O)(=O)N2CCN(C(=O)CNCC3CCCO3)CC2)cc1.Cl. The van der Waals surface area contributed by atoms with E-state index >= 15 is 0 Å². The molecular formula is C18H28ClN3O4S. The van der Waals surface area contributed by atoms with Crippen molar-refractivity contribution < 1.29 is 17.9 Å². The lowest BCUT2D eigenvalue weighted by atomic mass is 10.2. The van der Waals surface area contributed by atoms with Crippen LogP contribution in [0.1, 0.15) is 18.4 Å². The number of nitrogens with zero attached hydrogens (tertiary/aromatic N) is 2. The summed E-state index contributed by atoms with van der Waals surface area (Å²) in [6.45, 7) is 5.18. The summed E-state index contributed by atoms with van der Waals surface area (Å²) in [5.74, 6) is 0.00961. The Morgan fingerprint density at radius 1 is 1.19 bits per heavy atom.